The van der Waals surface area contributed by atoms with Crippen LogP contribution in [0.5, 0.6) is 0 Å². The first-order chi connectivity index (χ1) is 9.33. The molecule has 1 saturated heterocycles. The minimum absolute atomic E-state index is 0.614. The zero-order valence-electron chi connectivity index (χ0n) is 12.0. The largest absolute Gasteiger partial charge is 0.313 e. The van der Waals surface area contributed by atoms with Crippen molar-refractivity contribution in [3.05, 3.63) is 35.9 Å². The van der Waals surface area contributed by atoms with Gasteiger partial charge in [0.15, 0.2) is 0 Å². The zero-order chi connectivity index (χ0) is 13.1. The number of piperidine rings is 1. The van der Waals surface area contributed by atoms with Crippen molar-refractivity contribution in [1.82, 2.24) is 10.2 Å². The average Bonchev–Trinajstić information content (AvgIpc) is 3.31. The van der Waals surface area contributed by atoms with E-state index in [1.54, 1.807) is 0 Å². The molecular formula is C17H26N2. The van der Waals surface area contributed by atoms with Crippen molar-refractivity contribution in [3.8, 4) is 0 Å². The monoisotopic (exact) mass is 258 g/mol. The van der Waals surface area contributed by atoms with Crippen LogP contribution in [0, 0.1) is 0 Å². The van der Waals surface area contributed by atoms with Crippen LogP contribution >= 0.6 is 0 Å². The van der Waals surface area contributed by atoms with Crippen LogP contribution in [0.25, 0.3) is 0 Å². The van der Waals surface area contributed by atoms with E-state index < -0.39 is 0 Å². The predicted octanol–water partition coefficient (Wildman–Crippen LogP) is 3.01. The number of hydrogen-bond acceptors (Lipinski definition) is 2. The Bertz CT molecular complexity index is 378. The summed E-state index contributed by atoms with van der Waals surface area (Å²) >= 11 is 0. The SMILES string of the molecule is CC(CNC1CCN(C2CC2)CC1)c1ccccc1. The fraction of sp³-hybridized carbons (Fsp3) is 0.647. The third kappa shape index (κ3) is 3.58. The fourth-order valence-electron chi connectivity index (χ4n) is 3.15. The van der Waals surface area contributed by atoms with Crippen LogP contribution < -0.4 is 5.32 Å². The molecule has 2 heteroatoms. The van der Waals surface area contributed by atoms with Crippen molar-refractivity contribution in [2.75, 3.05) is 19.6 Å². The second-order valence-electron chi connectivity index (χ2n) is 6.26. The summed E-state index contributed by atoms with van der Waals surface area (Å²) in [4.78, 5) is 2.69. The van der Waals surface area contributed by atoms with Gasteiger partial charge in [-0.1, -0.05) is 37.3 Å². The first kappa shape index (κ1) is 13.1. The van der Waals surface area contributed by atoms with Crippen LogP contribution in [0.2, 0.25) is 0 Å². The van der Waals surface area contributed by atoms with Gasteiger partial charge >= 0.3 is 0 Å². The van der Waals surface area contributed by atoms with Crippen molar-refractivity contribution in [2.24, 2.45) is 0 Å². The topological polar surface area (TPSA) is 15.3 Å². The lowest BCUT2D eigenvalue weighted by molar-refractivity contribution is 0.189. The molecule has 1 aromatic rings. The van der Waals surface area contributed by atoms with Gasteiger partial charge in [0.1, 0.15) is 0 Å². The van der Waals surface area contributed by atoms with E-state index in [4.69, 9.17) is 0 Å². The molecule has 0 aromatic heterocycles. The summed E-state index contributed by atoms with van der Waals surface area (Å²) in [6.07, 6.45) is 5.56. The number of rotatable bonds is 5. The molecule has 1 N–H and O–H groups in total. The van der Waals surface area contributed by atoms with Crippen molar-refractivity contribution in [3.63, 3.8) is 0 Å². The molecule has 1 atom stereocenters. The Morgan fingerprint density at radius 3 is 2.42 bits per heavy atom. The number of hydrogen-bond donors (Lipinski definition) is 1. The first-order valence-corrected chi connectivity index (χ1v) is 7.85. The minimum Gasteiger partial charge on any atom is -0.313 e. The Hall–Kier alpha value is -0.860. The van der Waals surface area contributed by atoms with Crippen LogP contribution in [-0.4, -0.2) is 36.6 Å². The van der Waals surface area contributed by atoms with E-state index in [9.17, 15) is 0 Å². The third-order valence-corrected chi connectivity index (χ3v) is 4.67. The summed E-state index contributed by atoms with van der Waals surface area (Å²) in [5.41, 5.74) is 1.45. The minimum atomic E-state index is 0.614. The van der Waals surface area contributed by atoms with Crippen LogP contribution in [0.15, 0.2) is 30.3 Å². The first-order valence-electron chi connectivity index (χ1n) is 7.85. The number of nitrogens with one attached hydrogen (secondary N) is 1. The summed E-state index contributed by atoms with van der Waals surface area (Å²) in [7, 11) is 0. The second kappa shape index (κ2) is 6.06. The van der Waals surface area contributed by atoms with Gasteiger partial charge in [-0.05, 0) is 50.3 Å². The molecule has 0 spiro atoms. The Balaban J connectivity index is 1.40. The maximum absolute atomic E-state index is 3.77. The van der Waals surface area contributed by atoms with E-state index in [0.29, 0.717) is 5.92 Å². The molecule has 19 heavy (non-hydrogen) atoms. The summed E-state index contributed by atoms with van der Waals surface area (Å²) in [6, 6.07) is 12.5. The van der Waals surface area contributed by atoms with Crippen molar-refractivity contribution >= 4 is 0 Å². The normalized spacial score (nSPS) is 23.4. The molecule has 1 aliphatic heterocycles. The van der Waals surface area contributed by atoms with E-state index in [1.807, 2.05) is 0 Å². The molecule has 1 unspecified atom stereocenters. The van der Waals surface area contributed by atoms with Gasteiger partial charge in [0, 0.05) is 18.6 Å². The zero-order valence-corrected chi connectivity index (χ0v) is 12.0. The maximum atomic E-state index is 3.77. The molecule has 104 valence electrons. The Kier molecular flexibility index (Phi) is 4.19. The van der Waals surface area contributed by atoms with Crippen LogP contribution in [0.4, 0.5) is 0 Å². The van der Waals surface area contributed by atoms with Crippen molar-refractivity contribution in [1.29, 1.82) is 0 Å². The second-order valence-corrected chi connectivity index (χ2v) is 6.26. The highest BCUT2D eigenvalue weighted by Gasteiger charge is 2.31. The number of benzene rings is 1. The van der Waals surface area contributed by atoms with E-state index in [-0.39, 0.29) is 0 Å². The molecule has 2 fully saturated rings. The molecule has 1 aliphatic carbocycles. The quantitative estimate of drug-likeness (QED) is 0.873. The maximum Gasteiger partial charge on any atom is 0.00964 e. The highest BCUT2D eigenvalue weighted by atomic mass is 15.2. The number of nitrogens with zero attached hydrogens (tertiary/aromatic N) is 1. The van der Waals surface area contributed by atoms with Gasteiger partial charge in [-0.2, -0.15) is 0 Å². The van der Waals surface area contributed by atoms with E-state index in [1.165, 1.54) is 44.3 Å². The molecule has 1 saturated carbocycles. The highest BCUT2D eigenvalue weighted by molar-refractivity contribution is 5.19. The Morgan fingerprint density at radius 1 is 1.11 bits per heavy atom. The van der Waals surface area contributed by atoms with Crippen LogP contribution in [0.1, 0.15) is 44.1 Å². The standard InChI is InChI=1S/C17H26N2/c1-14(15-5-3-2-4-6-15)13-18-16-9-11-19(12-10-16)17-7-8-17/h2-6,14,16-18H,7-13H2,1H3. The van der Waals surface area contributed by atoms with E-state index in [2.05, 4.69) is 47.5 Å². The lowest BCUT2D eigenvalue weighted by Gasteiger charge is -2.33. The smallest absolute Gasteiger partial charge is 0.00964 e. The Morgan fingerprint density at radius 2 is 1.79 bits per heavy atom. The molecule has 2 aliphatic rings. The van der Waals surface area contributed by atoms with Gasteiger partial charge in [-0.25, -0.2) is 0 Å². The molecule has 0 amide bonds. The van der Waals surface area contributed by atoms with Gasteiger partial charge in [0.05, 0.1) is 0 Å². The van der Waals surface area contributed by atoms with Gasteiger partial charge in [0.25, 0.3) is 0 Å². The highest BCUT2D eigenvalue weighted by Crippen LogP contribution is 2.29. The molecule has 3 rings (SSSR count). The molecule has 1 aromatic carbocycles. The van der Waals surface area contributed by atoms with Gasteiger partial charge in [-0.3, -0.25) is 0 Å². The predicted molar refractivity (Wildman–Crippen MR) is 80.5 cm³/mol. The van der Waals surface area contributed by atoms with Crippen LogP contribution in [0.3, 0.4) is 0 Å². The molecule has 0 bridgehead atoms. The fourth-order valence-corrected chi connectivity index (χ4v) is 3.15. The van der Waals surface area contributed by atoms with E-state index >= 15 is 0 Å². The van der Waals surface area contributed by atoms with E-state index in [0.717, 1.165) is 18.6 Å². The van der Waals surface area contributed by atoms with Gasteiger partial charge < -0.3 is 10.2 Å². The summed E-state index contributed by atoms with van der Waals surface area (Å²) in [5, 5.41) is 3.77. The average molecular weight is 258 g/mol. The third-order valence-electron chi connectivity index (χ3n) is 4.67. The molecule has 2 nitrogen and oxygen atoms in total. The summed E-state index contributed by atoms with van der Waals surface area (Å²) < 4.78 is 0. The summed E-state index contributed by atoms with van der Waals surface area (Å²) in [5.74, 6) is 0.614. The lowest BCUT2D eigenvalue weighted by atomic mass is 9.99. The Labute approximate surface area is 117 Å². The summed E-state index contributed by atoms with van der Waals surface area (Å²) in [6.45, 7) is 6.05. The van der Waals surface area contributed by atoms with Crippen molar-refractivity contribution < 1.29 is 0 Å². The number of likely N-dealkylation sites (tertiary alicyclic amines) is 1. The van der Waals surface area contributed by atoms with Crippen molar-refractivity contribution in [2.45, 2.75) is 50.6 Å². The van der Waals surface area contributed by atoms with Gasteiger partial charge in [0.2, 0.25) is 0 Å². The molecule has 0 radical (unpaired) electrons. The van der Waals surface area contributed by atoms with Gasteiger partial charge in [-0.15, -0.1) is 0 Å². The molecular weight excluding hydrogens is 232 g/mol. The molecule has 1 heterocycles. The van der Waals surface area contributed by atoms with Crippen LogP contribution in [-0.2, 0) is 0 Å². The lowest BCUT2D eigenvalue weighted by Crippen LogP contribution is -2.44.